The quantitative estimate of drug-likeness (QED) is 0.690. The molecule has 0 aliphatic rings. The fourth-order valence-corrected chi connectivity index (χ4v) is 1.95. The van der Waals surface area contributed by atoms with Gasteiger partial charge >= 0.3 is 0 Å². The van der Waals surface area contributed by atoms with Crippen LogP contribution >= 0.6 is 11.6 Å². The van der Waals surface area contributed by atoms with Gasteiger partial charge < -0.3 is 4.74 Å². The van der Waals surface area contributed by atoms with Crippen molar-refractivity contribution in [1.29, 1.82) is 0 Å². The molecule has 1 aromatic carbocycles. The van der Waals surface area contributed by atoms with Gasteiger partial charge in [-0.05, 0) is 30.9 Å². The molecule has 0 saturated heterocycles. The number of hydrogen-bond acceptors (Lipinski definition) is 1. The van der Waals surface area contributed by atoms with Gasteiger partial charge in [-0.15, -0.1) is 11.6 Å². The summed E-state index contributed by atoms with van der Waals surface area (Å²) >= 11 is 5.98. The lowest BCUT2D eigenvalue weighted by Crippen LogP contribution is -2.02. The Bertz CT molecular complexity index is 283. The van der Waals surface area contributed by atoms with Crippen LogP contribution in [0.3, 0.4) is 0 Å². The SMILES string of the molecule is COc1ccccc1C(C)CC(C)Cl. The van der Waals surface area contributed by atoms with Gasteiger partial charge in [-0.1, -0.05) is 25.1 Å². The molecule has 0 saturated carbocycles. The van der Waals surface area contributed by atoms with E-state index in [1.165, 1.54) is 5.56 Å². The van der Waals surface area contributed by atoms with E-state index < -0.39 is 0 Å². The predicted molar refractivity (Wildman–Crippen MR) is 61.3 cm³/mol. The first-order chi connectivity index (χ1) is 6.65. The number of hydrogen-bond donors (Lipinski definition) is 0. The zero-order valence-electron chi connectivity index (χ0n) is 8.96. The van der Waals surface area contributed by atoms with Crippen molar-refractivity contribution in [3.05, 3.63) is 29.8 Å². The molecule has 0 bridgehead atoms. The van der Waals surface area contributed by atoms with Crippen LogP contribution in [-0.4, -0.2) is 12.5 Å². The van der Waals surface area contributed by atoms with E-state index in [-0.39, 0.29) is 5.38 Å². The van der Waals surface area contributed by atoms with Crippen LogP contribution in [0.4, 0.5) is 0 Å². The highest BCUT2D eigenvalue weighted by Gasteiger charge is 2.12. The Kier molecular flexibility index (Phi) is 4.27. The topological polar surface area (TPSA) is 9.23 Å². The van der Waals surface area contributed by atoms with Crippen LogP contribution in [0.5, 0.6) is 5.75 Å². The van der Waals surface area contributed by atoms with Crippen LogP contribution in [0.15, 0.2) is 24.3 Å². The summed E-state index contributed by atoms with van der Waals surface area (Å²) in [7, 11) is 1.70. The third kappa shape index (κ3) is 2.91. The number of ether oxygens (including phenoxy) is 1. The molecule has 1 rings (SSSR count). The highest BCUT2D eigenvalue weighted by molar-refractivity contribution is 6.20. The summed E-state index contributed by atoms with van der Waals surface area (Å²) in [5, 5.41) is 0.204. The standard InChI is InChI=1S/C12H17ClO/c1-9(8-10(2)13)11-6-4-5-7-12(11)14-3/h4-7,9-10H,8H2,1-3H3. The number of para-hydroxylation sites is 1. The predicted octanol–water partition coefficient (Wildman–Crippen LogP) is 3.82. The van der Waals surface area contributed by atoms with Gasteiger partial charge in [0.05, 0.1) is 7.11 Å². The lowest BCUT2D eigenvalue weighted by atomic mass is 9.95. The van der Waals surface area contributed by atoms with Gasteiger partial charge in [-0.3, -0.25) is 0 Å². The van der Waals surface area contributed by atoms with Crippen molar-refractivity contribution in [2.24, 2.45) is 0 Å². The Labute approximate surface area is 91.0 Å². The zero-order valence-corrected chi connectivity index (χ0v) is 9.71. The average molecular weight is 213 g/mol. The monoisotopic (exact) mass is 212 g/mol. The summed E-state index contributed by atoms with van der Waals surface area (Å²) < 4.78 is 5.30. The molecule has 0 amide bonds. The van der Waals surface area contributed by atoms with E-state index in [0.717, 1.165) is 12.2 Å². The molecule has 78 valence electrons. The third-order valence-electron chi connectivity index (χ3n) is 2.35. The van der Waals surface area contributed by atoms with E-state index in [9.17, 15) is 0 Å². The Morgan fingerprint density at radius 2 is 1.93 bits per heavy atom. The second-order valence-corrected chi connectivity index (χ2v) is 4.40. The fraction of sp³-hybridized carbons (Fsp3) is 0.500. The number of benzene rings is 1. The Hall–Kier alpha value is -0.690. The van der Waals surface area contributed by atoms with E-state index in [0.29, 0.717) is 5.92 Å². The van der Waals surface area contributed by atoms with E-state index in [2.05, 4.69) is 13.0 Å². The highest BCUT2D eigenvalue weighted by atomic mass is 35.5. The van der Waals surface area contributed by atoms with Gasteiger partial charge in [0.1, 0.15) is 5.75 Å². The summed E-state index contributed by atoms with van der Waals surface area (Å²) in [6, 6.07) is 8.11. The summed E-state index contributed by atoms with van der Waals surface area (Å²) in [4.78, 5) is 0. The minimum absolute atomic E-state index is 0.204. The van der Waals surface area contributed by atoms with Crippen LogP contribution in [0, 0.1) is 0 Å². The molecule has 0 spiro atoms. The van der Waals surface area contributed by atoms with Crippen LogP contribution in [0.1, 0.15) is 31.7 Å². The summed E-state index contributed by atoms with van der Waals surface area (Å²) in [6.07, 6.45) is 0.974. The summed E-state index contributed by atoms with van der Waals surface area (Å²) in [6.45, 7) is 4.20. The van der Waals surface area contributed by atoms with Gasteiger partial charge in [-0.2, -0.15) is 0 Å². The van der Waals surface area contributed by atoms with Crippen molar-refractivity contribution in [1.82, 2.24) is 0 Å². The normalized spacial score (nSPS) is 14.9. The van der Waals surface area contributed by atoms with Gasteiger partial charge in [0.25, 0.3) is 0 Å². The van der Waals surface area contributed by atoms with Gasteiger partial charge in [0.2, 0.25) is 0 Å². The van der Waals surface area contributed by atoms with Crippen molar-refractivity contribution >= 4 is 11.6 Å². The van der Waals surface area contributed by atoms with Crippen molar-refractivity contribution in [2.75, 3.05) is 7.11 Å². The number of rotatable bonds is 4. The summed E-state index contributed by atoms with van der Waals surface area (Å²) in [5.41, 5.74) is 1.24. The Balaban J connectivity index is 2.82. The fourth-order valence-electron chi connectivity index (χ4n) is 1.69. The number of methoxy groups -OCH3 is 1. The van der Waals surface area contributed by atoms with Crippen molar-refractivity contribution in [3.63, 3.8) is 0 Å². The van der Waals surface area contributed by atoms with E-state index >= 15 is 0 Å². The molecule has 1 nitrogen and oxygen atoms in total. The van der Waals surface area contributed by atoms with Crippen LogP contribution < -0.4 is 4.74 Å². The second-order valence-electron chi connectivity index (χ2n) is 3.66. The lowest BCUT2D eigenvalue weighted by molar-refractivity contribution is 0.405. The molecule has 0 heterocycles. The minimum atomic E-state index is 0.204. The van der Waals surface area contributed by atoms with Gasteiger partial charge in [0, 0.05) is 5.38 Å². The minimum Gasteiger partial charge on any atom is -0.496 e. The molecule has 2 heteroatoms. The molecule has 2 atom stereocenters. The first-order valence-corrected chi connectivity index (χ1v) is 5.35. The molecule has 0 aromatic heterocycles. The van der Waals surface area contributed by atoms with Crippen LogP contribution in [-0.2, 0) is 0 Å². The van der Waals surface area contributed by atoms with Crippen LogP contribution in [0.25, 0.3) is 0 Å². The van der Waals surface area contributed by atoms with Crippen LogP contribution in [0.2, 0.25) is 0 Å². The molecule has 1 aromatic rings. The van der Waals surface area contributed by atoms with Crippen molar-refractivity contribution in [2.45, 2.75) is 31.6 Å². The number of alkyl halides is 1. The molecular formula is C12H17ClO. The molecule has 2 unspecified atom stereocenters. The second kappa shape index (κ2) is 5.26. The molecule has 0 aliphatic carbocycles. The molecule has 0 N–H and O–H groups in total. The first kappa shape index (κ1) is 11.4. The van der Waals surface area contributed by atoms with E-state index in [4.69, 9.17) is 16.3 Å². The molecular weight excluding hydrogens is 196 g/mol. The lowest BCUT2D eigenvalue weighted by Gasteiger charge is -2.16. The van der Waals surface area contributed by atoms with Gasteiger partial charge in [0.15, 0.2) is 0 Å². The molecule has 0 fully saturated rings. The maximum Gasteiger partial charge on any atom is 0.122 e. The maximum absolute atomic E-state index is 5.98. The largest absolute Gasteiger partial charge is 0.496 e. The molecule has 0 aliphatic heterocycles. The third-order valence-corrected chi connectivity index (χ3v) is 2.53. The smallest absolute Gasteiger partial charge is 0.122 e. The Morgan fingerprint density at radius 1 is 1.29 bits per heavy atom. The maximum atomic E-state index is 5.98. The van der Waals surface area contributed by atoms with Crippen molar-refractivity contribution < 1.29 is 4.74 Å². The Morgan fingerprint density at radius 3 is 2.50 bits per heavy atom. The number of halogens is 1. The van der Waals surface area contributed by atoms with Gasteiger partial charge in [-0.25, -0.2) is 0 Å². The highest BCUT2D eigenvalue weighted by Crippen LogP contribution is 2.30. The van der Waals surface area contributed by atoms with E-state index in [1.54, 1.807) is 7.11 Å². The van der Waals surface area contributed by atoms with Crippen molar-refractivity contribution in [3.8, 4) is 5.75 Å². The average Bonchev–Trinajstić information content (AvgIpc) is 2.16. The first-order valence-electron chi connectivity index (χ1n) is 4.92. The molecule has 14 heavy (non-hydrogen) atoms. The van der Waals surface area contributed by atoms with E-state index in [1.807, 2.05) is 25.1 Å². The zero-order chi connectivity index (χ0) is 10.6. The summed E-state index contributed by atoms with van der Waals surface area (Å²) in [5.74, 6) is 1.40. The molecule has 0 radical (unpaired) electrons.